The van der Waals surface area contributed by atoms with E-state index in [0.717, 1.165) is 10.0 Å². The lowest BCUT2D eigenvalue weighted by molar-refractivity contribution is -0.127. The van der Waals surface area contributed by atoms with Crippen LogP contribution in [-0.4, -0.2) is 18.6 Å². The molecule has 0 fully saturated rings. The molecule has 0 heterocycles. The fourth-order valence-electron chi connectivity index (χ4n) is 1.51. The van der Waals surface area contributed by atoms with Crippen molar-refractivity contribution in [3.63, 3.8) is 0 Å². The van der Waals surface area contributed by atoms with Crippen LogP contribution in [0.3, 0.4) is 0 Å². The van der Waals surface area contributed by atoms with Gasteiger partial charge in [-0.1, -0.05) is 27.9 Å². The number of nitrogens with one attached hydrogen (secondary N) is 1. The third kappa shape index (κ3) is 4.58. The van der Waals surface area contributed by atoms with E-state index in [-0.39, 0.29) is 18.5 Å². The lowest BCUT2D eigenvalue weighted by Gasteiger charge is -2.18. The summed E-state index contributed by atoms with van der Waals surface area (Å²) in [4.78, 5) is 11.7. The molecule has 1 aromatic rings. The second kappa shape index (κ2) is 7.17. The molecule has 0 saturated carbocycles. The summed E-state index contributed by atoms with van der Waals surface area (Å²) in [5.41, 5.74) is 6.72. The Kier molecular flexibility index (Phi) is 5.87. The molecule has 2 atom stereocenters. The van der Waals surface area contributed by atoms with E-state index in [2.05, 4.69) is 27.2 Å². The van der Waals surface area contributed by atoms with E-state index < -0.39 is 6.10 Å². The largest absolute Gasteiger partial charge is 0.481 e. The first-order valence-corrected chi connectivity index (χ1v) is 6.68. The van der Waals surface area contributed by atoms with E-state index >= 15 is 0 Å². The summed E-state index contributed by atoms with van der Waals surface area (Å²) in [7, 11) is 0. The Balaban J connectivity index is 2.84. The average molecular weight is 325 g/mol. The van der Waals surface area contributed by atoms with Crippen molar-refractivity contribution in [3.8, 4) is 18.1 Å². The van der Waals surface area contributed by atoms with Gasteiger partial charge in [-0.15, -0.1) is 6.42 Å². The molecule has 19 heavy (non-hydrogen) atoms. The third-order valence-corrected chi connectivity index (χ3v) is 3.00. The van der Waals surface area contributed by atoms with Gasteiger partial charge in [0.05, 0.1) is 6.54 Å². The van der Waals surface area contributed by atoms with Gasteiger partial charge in [-0.25, -0.2) is 0 Å². The van der Waals surface area contributed by atoms with Gasteiger partial charge in [0, 0.05) is 16.1 Å². The van der Waals surface area contributed by atoms with Crippen LogP contribution in [0, 0.1) is 12.3 Å². The number of rotatable bonds is 5. The van der Waals surface area contributed by atoms with E-state index in [1.165, 1.54) is 0 Å². The Labute approximate surface area is 121 Å². The molecule has 102 valence electrons. The monoisotopic (exact) mass is 324 g/mol. The van der Waals surface area contributed by atoms with Crippen LogP contribution >= 0.6 is 15.9 Å². The summed E-state index contributed by atoms with van der Waals surface area (Å²) < 4.78 is 6.52. The number of hydrogen-bond acceptors (Lipinski definition) is 3. The van der Waals surface area contributed by atoms with Gasteiger partial charge in [0.2, 0.25) is 0 Å². The van der Waals surface area contributed by atoms with Crippen molar-refractivity contribution in [1.29, 1.82) is 0 Å². The Morgan fingerprint density at radius 3 is 2.84 bits per heavy atom. The van der Waals surface area contributed by atoms with Crippen molar-refractivity contribution in [1.82, 2.24) is 5.32 Å². The zero-order valence-corrected chi connectivity index (χ0v) is 12.5. The number of ether oxygens (including phenoxy) is 1. The summed E-state index contributed by atoms with van der Waals surface area (Å²) in [6, 6.07) is 5.37. The second-order valence-corrected chi connectivity index (χ2v) is 5.07. The van der Waals surface area contributed by atoms with Crippen molar-refractivity contribution in [2.24, 2.45) is 5.73 Å². The molecule has 1 amide bonds. The first-order valence-electron chi connectivity index (χ1n) is 5.88. The number of carbonyl (C=O) groups is 1. The molecule has 1 unspecified atom stereocenters. The van der Waals surface area contributed by atoms with E-state index in [4.69, 9.17) is 16.9 Å². The smallest absolute Gasteiger partial charge is 0.261 e. The summed E-state index contributed by atoms with van der Waals surface area (Å²) in [5, 5.41) is 2.57. The predicted octanol–water partition coefficient (Wildman–Crippen LogP) is 1.99. The maximum atomic E-state index is 11.7. The maximum absolute atomic E-state index is 11.7. The standard InChI is InChI=1S/C14H17BrN2O2/c1-4-7-17-14(18)10(3)19-13-8-11(15)5-6-12(13)9(2)16/h1,5-6,8-10H,7,16H2,2-3H3,(H,17,18)/t9-,10?/m0/s1. The van der Waals surface area contributed by atoms with E-state index in [0.29, 0.717) is 5.75 Å². The molecule has 0 aromatic heterocycles. The number of benzene rings is 1. The topological polar surface area (TPSA) is 64.3 Å². The quantitative estimate of drug-likeness (QED) is 0.814. The Morgan fingerprint density at radius 1 is 1.58 bits per heavy atom. The lowest BCUT2D eigenvalue weighted by Crippen LogP contribution is -2.36. The highest BCUT2D eigenvalue weighted by molar-refractivity contribution is 9.10. The lowest BCUT2D eigenvalue weighted by atomic mass is 10.1. The number of nitrogens with two attached hydrogens (primary N) is 1. The minimum Gasteiger partial charge on any atom is -0.481 e. The summed E-state index contributed by atoms with van der Waals surface area (Å²) in [6.07, 6.45) is 4.45. The van der Waals surface area contributed by atoms with Gasteiger partial charge in [-0.3, -0.25) is 4.79 Å². The predicted molar refractivity (Wildman–Crippen MR) is 78.7 cm³/mol. The first kappa shape index (κ1) is 15.5. The zero-order valence-electron chi connectivity index (χ0n) is 10.9. The molecule has 4 nitrogen and oxygen atoms in total. The molecule has 0 saturated heterocycles. The molecular weight excluding hydrogens is 308 g/mol. The van der Waals surface area contributed by atoms with Crippen molar-refractivity contribution >= 4 is 21.8 Å². The van der Waals surface area contributed by atoms with E-state index in [1.807, 2.05) is 19.1 Å². The molecule has 0 spiro atoms. The number of halogens is 1. The fraction of sp³-hybridized carbons (Fsp3) is 0.357. The van der Waals surface area contributed by atoms with E-state index in [9.17, 15) is 4.79 Å². The Hall–Kier alpha value is -1.51. The van der Waals surface area contributed by atoms with Crippen molar-refractivity contribution in [2.75, 3.05) is 6.54 Å². The van der Waals surface area contributed by atoms with Gasteiger partial charge >= 0.3 is 0 Å². The highest BCUT2D eigenvalue weighted by Gasteiger charge is 2.17. The van der Waals surface area contributed by atoms with Crippen molar-refractivity contribution in [2.45, 2.75) is 26.0 Å². The van der Waals surface area contributed by atoms with Crippen LogP contribution in [0.4, 0.5) is 0 Å². The molecule has 5 heteroatoms. The van der Waals surface area contributed by atoms with Gasteiger partial charge in [-0.2, -0.15) is 0 Å². The van der Waals surface area contributed by atoms with Crippen LogP contribution in [-0.2, 0) is 4.79 Å². The van der Waals surface area contributed by atoms with Gasteiger partial charge in [0.25, 0.3) is 5.91 Å². The summed E-state index contributed by atoms with van der Waals surface area (Å²) >= 11 is 3.37. The zero-order chi connectivity index (χ0) is 14.4. The van der Waals surface area contributed by atoms with Gasteiger partial charge in [0.15, 0.2) is 6.10 Å². The molecule has 0 aliphatic heterocycles. The van der Waals surface area contributed by atoms with Crippen LogP contribution in [0.2, 0.25) is 0 Å². The Bertz CT molecular complexity index is 495. The minimum absolute atomic E-state index is 0.177. The molecule has 0 aliphatic rings. The molecule has 3 N–H and O–H groups in total. The number of carbonyl (C=O) groups excluding carboxylic acids is 1. The van der Waals surface area contributed by atoms with Crippen LogP contribution in [0.5, 0.6) is 5.75 Å². The maximum Gasteiger partial charge on any atom is 0.261 e. The first-order chi connectivity index (χ1) is 8.95. The Morgan fingerprint density at radius 2 is 2.26 bits per heavy atom. The van der Waals surface area contributed by atoms with E-state index in [1.54, 1.807) is 13.0 Å². The minimum atomic E-state index is -0.639. The molecule has 1 aromatic carbocycles. The number of hydrogen-bond donors (Lipinski definition) is 2. The van der Waals surface area contributed by atoms with Gasteiger partial charge in [0.1, 0.15) is 5.75 Å². The van der Waals surface area contributed by atoms with Gasteiger partial charge < -0.3 is 15.8 Å². The van der Waals surface area contributed by atoms with Gasteiger partial charge in [-0.05, 0) is 26.0 Å². The van der Waals surface area contributed by atoms with Crippen molar-refractivity contribution in [3.05, 3.63) is 28.2 Å². The van der Waals surface area contributed by atoms with Crippen LogP contribution < -0.4 is 15.8 Å². The van der Waals surface area contributed by atoms with Crippen LogP contribution in [0.1, 0.15) is 25.5 Å². The normalized spacial score (nSPS) is 13.2. The van der Waals surface area contributed by atoms with Crippen molar-refractivity contribution < 1.29 is 9.53 Å². The average Bonchev–Trinajstić information content (AvgIpc) is 2.35. The molecule has 0 aliphatic carbocycles. The molecule has 0 bridgehead atoms. The summed E-state index contributed by atoms with van der Waals surface area (Å²) in [6.45, 7) is 3.71. The SMILES string of the molecule is C#CCNC(=O)C(C)Oc1cc(Br)ccc1[C@H](C)N. The fourth-order valence-corrected chi connectivity index (χ4v) is 1.85. The number of terminal acetylenes is 1. The highest BCUT2D eigenvalue weighted by atomic mass is 79.9. The highest BCUT2D eigenvalue weighted by Crippen LogP contribution is 2.28. The second-order valence-electron chi connectivity index (χ2n) is 4.15. The number of amides is 1. The third-order valence-electron chi connectivity index (χ3n) is 2.50. The molecular formula is C14H17BrN2O2. The molecule has 0 radical (unpaired) electrons. The van der Waals surface area contributed by atoms with Crippen LogP contribution in [0.15, 0.2) is 22.7 Å². The molecule has 1 rings (SSSR count). The summed E-state index contributed by atoms with van der Waals surface area (Å²) in [5.74, 6) is 2.68. The van der Waals surface area contributed by atoms with Crippen LogP contribution in [0.25, 0.3) is 0 Å².